The third kappa shape index (κ3) is 3.81. The molecule has 1 amide bonds. The maximum Gasteiger partial charge on any atom is 0.323 e. The van der Waals surface area contributed by atoms with Crippen molar-refractivity contribution in [1.82, 2.24) is 10.2 Å². The zero-order chi connectivity index (χ0) is 12.8. The number of carboxylic acids is 1. The van der Waals surface area contributed by atoms with Crippen molar-refractivity contribution in [2.24, 2.45) is 0 Å². The molecule has 0 unspecified atom stereocenters. The Hall–Kier alpha value is -1.10. The fraction of sp³-hybridized carbons (Fsp3) is 0.818. The summed E-state index contributed by atoms with van der Waals surface area (Å²) in [5, 5.41) is 12.1. The minimum Gasteiger partial charge on any atom is -0.480 e. The van der Waals surface area contributed by atoms with Crippen molar-refractivity contribution in [1.29, 1.82) is 0 Å². The highest BCUT2D eigenvalue weighted by atomic mass is 16.4. The molecule has 0 saturated heterocycles. The van der Waals surface area contributed by atoms with Gasteiger partial charge in [-0.15, -0.1) is 0 Å². The summed E-state index contributed by atoms with van der Waals surface area (Å²) in [6.07, 6.45) is 1.34. The second kappa shape index (κ2) is 6.48. The standard InChI is InChI=1S/C11H22N2O3/c1-5-11(6-2,10(15)16)12-8-7-9(14)13(3)4/h12H,5-8H2,1-4H3,(H,15,16). The number of aliphatic carboxylic acids is 1. The summed E-state index contributed by atoms with van der Waals surface area (Å²) in [6, 6.07) is 0. The highest BCUT2D eigenvalue weighted by Gasteiger charge is 2.33. The number of hydrogen-bond donors (Lipinski definition) is 2. The van der Waals surface area contributed by atoms with E-state index in [-0.39, 0.29) is 5.91 Å². The van der Waals surface area contributed by atoms with Crippen molar-refractivity contribution in [2.45, 2.75) is 38.6 Å². The summed E-state index contributed by atoms with van der Waals surface area (Å²) in [4.78, 5) is 24.0. The third-order valence-electron chi connectivity index (χ3n) is 2.92. The molecular weight excluding hydrogens is 208 g/mol. The minimum atomic E-state index is -0.896. The van der Waals surface area contributed by atoms with Gasteiger partial charge in [0.15, 0.2) is 0 Å². The molecule has 16 heavy (non-hydrogen) atoms. The zero-order valence-electron chi connectivity index (χ0n) is 10.5. The van der Waals surface area contributed by atoms with Crippen LogP contribution in [0, 0.1) is 0 Å². The van der Waals surface area contributed by atoms with E-state index in [9.17, 15) is 9.59 Å². The number of amides is 1. The summed E-state index contributed by atoms with van der Waals surface area (Å²) >= 11 is 0. The summed E-state index contributed by atoms with van der Waals surface area (Å²) in [5.74, 6) is -0.853. The van der Waals surface area contributed by atoms with E-state index in [0.29, 0.717) is 25.8 Å². The van der Waals surface area contributed by atoms with E-state index in [1.165, 1.54) is 4.90 Å². The SMILES string of the molecule is CCC(CC)(NCCC(=O)N(C)C)C(=O)O. The second-order valence-corrected chi connectivity index (χ2v) is 4.06. The molecule has 0 aromatic rings. The van der Waals surface area contributed by atoms with Crippen molar-refractivity contribution in [3.05, 3.63) is 0 Å². The van der Waals surface area contributed by atoms with Gasteiger partial charge in [-0.2, -0.15) is 0 Å². The molecule has 94 valence electrons. The highest BCUT2D eigenvalue weighted by molar-refractivity contribution is 5.79. The molecule has 0 aliphatic rings. The van der Waals surface area contributed by atoms with Crippen molar-refractivity contribution >= 4 is 11.9 Å². The summed E-state index contributed by atoms with van der Waals surface area (Å²) in [7, 11) is 3.37. The molecule has 0 spiro atoms. The fourth-order valence-corrected chi connectivity index (χ4v) is 1.51. The number of carbonyl (C=O) groups excluding carboxylic acids is 1. The van der Waals surface area contributed by atoms with Gasteiger partial charge in [0, 0.05) is 27.1 Å². The molecule has 0 fully saturated rings. The van der Waals surface area contributed by atoms with Crippen LogP contribution in [0.2, 0.25) is 0 Å². The lowest BCUT2D eigenvalue weighted by Crippen LogP contribution is -2.52. The first-order valence-corrected chi connectivity index (χ1v) is 5.58. The van der Waals surface area contributed by atoms with Crippen molar-refractivity contribution in [3.63, 3.8) is 0 Å². The number of nitrogens with one attached hydrogen (secondary N) is 1. The predicted octanol–water partition coefficient (Wildman–Crippen LogP) is 0.698. The third-order valence-corrected chi connectivity index (χ3v) is 2.92. The van der Waals surface area contributed by atoms with Gasteiger partial charge in [0.25, 0.3) is 0 Å². The molecule has 0 aromatic carbocycles. The minimum absolute atomic E-state index is 0.000931. The van der Waals surface area contributed by atoms with Crippen LogP contribution in [-0.4, -0.2) is 48.1 Å². The van der Waals surface area contributed by atoms with Crippen LogP contribution in [0.4, 0.5) is 0 Å². The van der Waals surface area contributed by atoms with Crippen LogP contribution < -0.4 is 5.32 Å². The van der Waals surface area contributed by atoms with Gasteiger partial charge in [-0.1, -0.05) is 13.8 Å². The summed E-state index contributed by atoms with van der Waals surface area (Å²) in [5.41, 5.74) is -0.896. The van der Waals surface area contributed by atoms with E-state index in [0.717, 1.165) is 0 Å². The number of carbonyl (C=O) groups is 2. The number of carboxylic acid groups (broad SMARTS) is 1. The smallest absolute Gasteiger partial charge is 0.323 e. The Bertz CT molecular complexity index is 248. The fourth-order valence-electron chi connectivity index (χ4n) is 1.51. The molecule has 0 bridgehead atoms. The lowest BCUT2D eigenvalue weighted by Gasteiger charge is -2.28. The number of hydrogen-bond acceptors (Lipinski definition) is 3. The Morgan fingerprint density at radius 1 is 1.25 bits per heavy atom. The van der Waals surface area contributed by atoms with E-state index in [2.05, 4.69) is 5.32 Å². The molecule has 5 heteroatoms. The van der Waals surface area contributed by atoms with Crippen LogP contribution in [0.15, 0.2) is 0 Å². The molecule has 0 aliphatic heterocycles. The molecular formula is C11H22N2O3. The van der Waals surface area contributed by atoms with Crippen molar-refractivity contribution < 1.29 is 14.7 Å². The van der Waals surface area contributed by atoms with Gasteiger partial charge in [0.1, 0.15) is 5.54 Å². The molecule has 0 rings (SSSR count). The molecule has 0 heterocycles. The first-order valence-electron chi connectivity index (χ1n) is 5.58. The van der Waals surface area contributed by atoms with Gasteiger partial charge in [-0.05, 0) is 12.8 Å². The molecule has 0 atom stereocenters. The Morgan fingerprint density at radius 3 is 2.06 bits per heavy atom. The van der Waals surface area contributed by atoms with Crippen molar-refractivity contribution in [3.8, 4) is 0 Å². The Balaban J connectivity index is 4.24. The normalized spacial score (nSPS) is 11.2. The average Bonchev–Trinajstić information content (AvgIpc) is 2.23. The molecule has 0 saturated carbocycles. The van der Waals surface area contributed by atoms with Crippen LogP contribution in [0.5, 0.6) is 0 Å². The first kappa shape index (κ1) is 14.9. The van der Waals surface area contributed by atoms with Gasteiger partial charge in [-0.25, -0.2) is 0 Å². The molecule has 0 aliphatic carbocycles. The Kier molecular flexibility index (Phi) is 6.03. The van der Waals surface area contributed by atoms with Crippen LogP contribution >= 0.6 is 0 Å². The lowest BCUT2D eigenvalue weighted by molar-refractivity contribution is -0.145. The number of nitrogens with zero attached hydrogens (tertiary/aromatic N) is 1. The van der Waals surface area contributed by atoms with Gasteiger partial charge < -0.3 is 15.3 Å². The van der Waals surface area contributed by atoms with E-state index in [1.54, 1.807) is 14.1 Å². The predicted molar refractivity (Wildman–Crippen MR) is 62.3 cm³/mol. The van der Waals surface area contributed by atoms with E-state index < -0.39 is 11.5 Å². The second-order valence-electron chi connectivity index (χ2n) is 4.06. The maximum absolute atomic E-state index is 11.3. The van der Waals surface area contributed by atoms with E-state index >= 15 is 0 Å². The quantitative estimate of drug-likeness (QED) is 0.675. The molecule has 0 radical (unpaired) electrons. The first-order chi connectivity index (χ1) is 7.39. The molecule has 5 nitrogen and oxygen atoms in total. The van der Waals surface area contributed by atoms with Gasteiger partial charge in [0.05, 0.1) is 0 Å². The van der Waals surface area contributed by atoms with Crippen LogP contribution in [-0.2, 0) is 9.59 Å². The van der Waals surface area contributed by atoms with Gasteiger partial charge in [-0.3, -0.25) is 9.59 Å². The van der Waals surface area contributed by atoms with Gasteiger partial charge >= 0.3 is 5.97 Å². The highest BCUT2D eigenvalue weighted by Crippen LogP contribution is 2.15. The van der Waals surface area contributed by atoms with Gasteiger partial charge in [0.2, 0.25) is 5.91 Å². The van der Waals surface area contributed by atoms with Crippen molar-refractivity contribution in [2.75, 3.05) is 20.6 Å². The maximum atomic E-state index is 11.3. The topological polar surface area (TPSA) is 69.6 Å². The summed E-state index contributed by atoms with van der Waals surface area (Å²) < 4.78 is 0. The van der Waals surface area contributed by atoms with Crippen LogP contribution in [0.1, 0.15) is 33.1 Å². The Morgan fingerprint density at radius 2 is 1.75 bits per heavy atom. The largest absolute Gasteiger partial charge is 0.480 e. The average molecular weight is 230 g/mol. The Labute approximate surface area is 96.8 Å². The van der Waals surface area contributed by atoms with Crippen LogP contribution in [0.3, 0.4) is 0 Å². The monoisotopic (exact) mass is 230 g/mol. The van der Waals surface area contributed by atoms with E-state index in [1.807, 2.05) is 13.8 Å². The molecule has 0 aromatic heterocycles. The van der Waals surface area contributed by atoms with Crippen LogP contribution in [0.25, 0.3) is 0 Å². The molecule has 2 N–H and O–H groups in total. The van der Waals surface area contributed by atoms with E-state index in [4.69, 9.17) is 5.11 Å². The zero-order valence-corrected chi connectivity index (χ0v) is 10.5. The number of rotatable bonds is 7. The summed E-state index contributed by atoms with van der Waals surface area (Å²) in [6.45, 7) is 4.06. The lowest BCUT2D eigenvalue weighted by atomic mass is 9.93.